The van der Waals surface area contributed by atoms with Gasteiger partial charge in [0.05, 0.1) is 36.7 Å². The van der Waals surface area contributed by atoms with Gasteiger partial charge < -0.3 is 69.2 Å². The Morgan fingerprint density at radius 3 is 2.17 bits per heavy atom. The van der Waals surface area contributed by atoms with Crippen molar-refractivity contribution in [2.45, 2.75) is 141 Å². The van der Waals surface area contributed by atoms with Gasteiger partial charge in [-0.25, -0.2) is 9.78 Å². The molecule has 4 aliphatic heterocycles. The molecule has 1 fully saturated rings. The molecule has 1 saturated heterocycles. The van der Waals surface area contributed by atoms with Crippen LogP contribution in [0.25, 0.3) is 16.7 Å². The highest BCUT2D eigenvalue weighted by atomic mass is 16.4. The standard InChI is InChI=1S/C52H70N14O14/c1-22(2)14-33-47(75)64-40(24(5)6)48(76)61-32-17-29-27-10-9-25(39(23(3)4)41(49(77)62-33)65-50(78)43(72)30-11-12-36(67)58-30)15-31(27)60-44(29)66-20-26(57-21-66)16-34(46(74)63-35(51(79)80)18-38(69)70)59-37(68)19-56-45(73)28(42(32)71)8-7-13-55-52(53)54/h9-10,15,20-24,28,30,32-35,39-41,60H,7-8,11-14,16-19H2,1-6H3,(H,56,73)(H,58,67)(H,59,68)(H,61,76)(H,62,77)(H,63,74)(H,64,75)(H,65,78)(H,69,70)(H,79,80)(H4,53,54,55)/t28?,30-,32-,33-,34-,35-,39-,40-,41-/m0/s1. The van der Waals surface area contributed by atoms with Gasteiger partial charge in [0.1, 0.15) is 42.4 Å². The summed E-state index contributed by atoms with van der Waals surface area (Å²) < 4.78 is 1.48. The molecule has 0 radical (unpaired) electrons. The number of Topliss-reactive ketones (excluding diaryl/α,β-unsaturated/α-hetero) is 2. The summed E-state index contributed by atoms with van der Waals surface area (Å²) in [5.74, 6) is -16.2. The first-order valence-corrected chi connectivity index (χ1v) is 26.4. The predicted octanol–water partition coefficient (Wildman–Crippen LogP) is -2.42. The van der Waals surface area contributed by atoms with Crippen molar-refractivity contribution in [3.05, 3.63) is 47.5 Å². The molecule has 2 aromatic heterocycles. The Morgan fingerprint density at radius 1 is 0.838 bits per heavy atom. The fourth-order valence-corrected chi connectivity index (χ4v) is 10.1. The Bertz CT molecular complexity index is 2960. The van der Waals surface area contributed by atoms with E-state index in [9.17, 15) is 63.0 Å². The Balaban J connectivity index is 1.59. The number of hydrogen-bond acceptors (Lipinski definition) is 14. The number of carboxylic acid groups (broad SMARTS) is 2. The first-order chi connectivity index (χ1) is 37.7. The summed E-state index contributed by atoms with van der Waals surface area (Å²) in [6.07, 6.45) is 0.931. The zero-order valence-electron chi connectivity index (χ0n) is 45.2. The minimum absolute atomic E-state index is 0.0106. The van der Waals surface area contributed by atoms with Crippen LogP contribution in [-0.2, 0) is 70.4 Å². The van der Waals surface area contributed by atoms with Gasteiger partial charge in [0.25, 0.3) is 5.91 Å². The van der Waals surface area contributed by atoms with Gasteiger partial charge in [0.2, 0.25) is 47.1 Å². The quantitative estimate of drug-likeness (QED) is 0.0177. The number of imidazole rings is 1. The highest BCUT2D eigenvalue weighted by Gasteiger charge is 2.42. The number of benzene rings is 1. The average Bonchev–Trinajstić information content (AvgIpc) is 4.15. The third-order valence-corrected chi connectivity index (χ3v) is 14.1. The summed E-state index contributed by atoms with van der Waals surface area (Å²) in [5.41, 5.74) is 12.4. The number of guanidine groups is 1. The van der Waals surface area contributed by atoms with Crippen LogP contribution in [0.2, 0.25) is 0 Å². The number of aliphatic carboxylic acids is 2. The van der Waals surface area contributed by atoms with Crippen LogP contribution < -0.4 is 54.0 Å². The number of H-pyrrole nitrogens is 1. The SMILES string of the molecule is CC(C)C[C@@H]1NC(=O)[C@@H](NC(=O)C(=O)[C@@H]2CCC(=O)N2)[C@@H](C(C)C)c2ccc3c4c([nH]c3c2)-n2cnc(c2)C[C@@H](C(=O)N[C@@H](CC(=O)O)C(=O)O)NC(=O)CNC(=O)C(CCCN=C(N)N)C(=O)[C@H](C4)NC(=O)[C@H](C(C)C)NC1=O. The van der Waals surface area contributed by atoms with Gasteiger partial charge >= 0.3 is 11.9 Å². The number of aliphatic imine (C=N–C) groups is 1. The molecule has 8 amide bonds. The monoisotopic (exact) mass is 1110 g/mol. The van der Waals surface area contributed by atoms with Crippen LogP contribution in [0.15, 0.2) is 35.7 Å². The van der Waals surface area contributed by atoms with Gasteiger partial charge in [0, 0.05) is 54.4 Å². The third kappa shape index (κ3) is 15.1. The van der Waals surface area contributed by atoms with E-state index in [0.29, 0.717) is 22.0 Å². The smallest absolute Gasteiger partial charge is 0.326 e. The zero-order chi connectivity index (χ0) is 58.9. The van der Waals surface area contributed by atoms with E-state index in [1.807, 2.05) is 0 Å². The van der Waals surface area contributed by atoms with Crippen LogP contribution in [0.3, 0.4) is 0 Å². The number of fused-ring (bicyclic) bond motifs is 13. The molecule has 1 unspecified atom stereocenters. The molecule has 0 spiro atoms. The molecular weight excluding hydrogens is 1040 g/mol. The van der Waals surface area contributed by atoms with E-state index in [2.05, 4.69) is 57.5 Å². The van der Waals surface area contributed by atoms with Crippen molar-refractivity contribution < 1.29 is 67.7 Å². The molecule has 28 heteroatoms. The first-order valence-electron chi connectivity index (χ1n) is 26.4. The Labute approximate surface area is 458 Å². The number of ketones is 2. The predicted molar refractivity (Wildman–Crippen MR) is 284 cm³/mol. The van der Waals surface area contributed by atoms with Gasteiger partial charge in [-0.3, -0.25) is 62.3 Å². The van der Waals surface area contributed by atoms with Crippen LogP contribution in [0.1, 0.15) is 103 Å². The van der Waals surface area contributed by atoms with E-state index in [-0.39, 0.29) is 68.5 Å². The maximum absolute atomic E-state index is 15.3. The van der Waals surface area contributed by atoms with Crippen molar-refractivity contribution in [2.24, 2.45) is 40.1 Å². The van der Waals surface area contributed by atoms with Crippen LogP contribution in [0.5, 0.6) is 0 Å². The molecule has 0 aliphatic carbocycles. The highest BCUT2D eigenvalue weighted by molar-refractivity contribution is 6.39. The lowest BCUT2D eigenvalue weighted by atomic mass is 9.81. The number of hydrogen-bond donors (Lipinski definition) is 13. The molecule has 15 N–H and O–H groups in total. The van der Waals surface area contributed by atoms with E-state index in [0.717, 1.165) is 0 Å². The topological polar surface area (TPSA) is 440 Å². The fraction of sp³-hybridized carbons (Fsp3) is 0.538. The minimum atomic E-state index is -1.91. The summed E-state index contributed by atoms with van der Waals surface area (Å²) in [4.78, 5) is 176. The lowest BCUT2D eigenvalue weighted by Crippen LogP contribution is -2.61. The second-order valence-corrected chi connectivity index (χ2v) is 21.4. The van der Waals surface area contributed by atoms with E-state index >= 15 is 4.79 Å². The number of aromatic amines is 1. The summed E-state index contributed by atoms with van der Waals surface area (Å²) in [6, 6.07) is -5.42. The van der Waals surface area contributed by atoms with Crippen LogP contribution in [0.4, 0.5) is 0 Å². The van der Waals surface area contributed by atoms with Gasteiger partial charge in [-0.05, 0) is 55.1 Å². The molecule has 28 nitrogen and oxygen atoms in total. The largest absolute Gasteiger partial charge is 0.481 e. The number of nitrogens with zero attached hydrogens (tertiary/aromatic N) is 3. The molecule has 6 heterocycles. The number of carbonyl (C=O) groups excluding carboxylic acids is 10. The van der Waals surface area contributed by atoms with Gasteiger partial charge in [-0.15, -0.1) is 0 Å². The van der Waals surface area contributed by atoms with E-state index in [1.165, 1.54) is 17.1 Å². The molecule has 9 atom stereocenters. The van der Waals surface area contributed by atoms with Gasteiger partial charge in [0.15, 0.2) is 11.7 Å². The number of rotatable bonds is 16. The number of amides is 8. The normalized spacial score (nSPS) is 23.6. The van der Waals surface area contributed by atoms with Crippen LogP contribution in [-0.4, -0.2) is 157 Å². The maximum Gasteiger partial charge on any atom is 0.326 e. The molecule has 7 bridgehead atoms. The molecular formula is C52H70N14O14. The maximum atomic E-state index is 15.3. The second kappa shape index (κ2) is 26.3. The number of aromatic nitrogens is 3. The van der Waals surface area contributed by atoms with Crippen molar-refractivity contribution in [1.29, 1.82) is 0 Å². The molecule has 3 aromatic rings. The van der Waals surface area contributed by atoms with Gasteiger partial charge in [-0.1, -0.05) is 53.7 Å². The molecule has 7 rings (SSSR count). The van der Waals surface area contributed by atoms with Crippen molar-refractivity contribution in [2.75, 3.05) is 13.1 Å². The van der Waals surface area contributed by atoms with Crippen molar-refractivity contribution in [3.63, 3.8) is 0 Å². The molecule has 80 heavy (non-hydrogen) atoms. The minimum Gasteiger partial charge on any atom is -0.481 e. The van der Waals surface area contributed by atoms with Crippen LogP contribution in [0, 0.1) is 23.7 Å². The summed E-state index contributed by atoms with van der Waals surface area (Å²) >= 11 is 0. The summed E-state index contributed by atoms with van der Waals surface area (Å²) in [5, 5.41) is 40.0. The average molecular weight is 1120 g/mol. The third-order valence-electron chi connectivity index (χ3n) is 14.1. The van der Waals surface area contributed by atoms with Crippen molar-refractivity contribution >= 4 is 87.6 Å². The zero-order valence-corrected chi connectivity index (χ0v) is 45.2. The number of nitrogens with two attached hydrogens (primary N) is 2. The lowest BCUT2D eigenvalue weighted by molar-refractivity contribution is -0.147. The molecule has 4 aliphatic rings. The van der Waals surface area contributed by atoms with Crippen molar-refractivity contribution in [1.82, 2.24) is 57.1 Å². The van der Waals surface area contributed by atoms with E-state index < -0.39 is 156 Å². The van der Waals surface area contributed by atoms with Crippen molar-refractivity contribution in [3.8, 4) is 5.82 Å². The van der Waals surface area contributed by atoms with Crippen LogP contribution >= 0.6 is 0 Å². The Hall–Kier alpha value is -8.72. The van der Waals surface area contributed by atoms with E-state index in [4.69, 9.17) is 11.5 Å². The molecule has 0 saturated carbocycles. The fourth-order valence-electron chi connectivity index (χ4n) is 10.1. The highest BCUT2D eigenvalue weighted by Crippen LogP contribution is 2.35. The van der Waals surface area contributed by atoms with Gasteiger partial charge in [-0.2, -0.15) is 0 Å². The Morgan fingerprint density at radius 2 is 1.55 bits per heavy atom. The summed E-state index contributed by atoms with van der Waals surface area (Å²) in [7, 11) is 0. The number of nitrogens with one attached hydrogen (secondary N) is 9. The summed E-state index contributed by atoms with van der Waals surface area (Å²) in [6.45, 7) is 9.57. The molecule has 1 aromatic carbocycles. The Kier molecular flexibility index (Phi) is 19.9. The molecule has 432 valence electrons. The van der Waals surface area contributed by atoms with E-state index in [1.54, 1.807) is 59.7 Å². The first kappa shape index (κ1) is 60.5. The lowest BCUT2D eigenvalue weighted by Gasteiger charge is -2.33. The number of carbonyl (C=O) groups is 12. The number of carboxylic acids is 2. The second-order valence-electron chi connectivity index (χ2n) is 21.4.